The number of alkyl carbamates (subject to hydrolysis) is 1. The zero-order valence-corrected chi connectivity index (χ0v) is 12.6. The summed E-state index contributed by atoms with van der Waals surface area (Å²) in [6.45, 7) is 0.316. The Kier molecular flexibility index (Phi) is 4.39. The number of benzene rings is 2. The maximum Gasteiger partial charge on any atom is 0.407 e. The molecule has 1 aliphatic rings. The molecule has 2 aromatic rings. The van der Waals surface area contributed by atoms with Crippen LogP contribution in [0.4, 0.5) is 4.79 Å². The number of hydrogen-bond acceptors (Lipinski definition) is 4. The molecule has 23 heavy (non-hydrogen) atoms. The number of fused-ring (bicyclic) bond motifs is 3. The molecule has 0 saturated heterocycles. The van der Waals surface area contributed by atoms with Crippen LogP contribution in [0, 0.1) is 0 Å². The number of hydrogen-bond donors (Lipinski definition) is 2. The van der Waals surface area contributed by atoms with Gasteiger partial charge in [-0.3, -0.25) is 0 Å². The molecule has 2 aromatic carbocycles. The Morgan fingerprint density at radius 2 is 1.70 bits per heavy atom. The van der Waals surface area contributed by atoms with E-state index in [1.54, 1.807) is 0 Å². The van der Waals surface area contributed by atoms with Gasteiger partial charge < -0.3 is 20.6 Å². The molecule has 1 amide bonds. The third-order valence-corrected chi connectivity index (χ3v) is 4.00. The molecular weight excluding hydrogens is 292 g/mol. The largest absolute Gasteiger partial charge is 0.449 e. The summed E-state index contributed by atoms with van der Waals surface area (Å²) in [7, 11) is 0. The van der Waals surface area contributed by atoms with Crippen LogP contribution in [0.3, 0.4) is 0 Å². The molecule has 3 N–H and O–H groups in total. The lowest BCUT2D eigenvalue weighted by Crippen LogP contribution is -2.38. The number of carbonyl (C=O) groups excluding carboxylic acids is 2. The van der Waals surface area contributed by atoms with Gasteiger partial charge >= 0.3 is 6.09 Å². The number of nitrogens with two attached hydrogens (primary N) is 1. The first-order valence-corrected chi connectivity index (χ1v) is 7.50. The minimum Gasteiger partial charge on any atom is -0.449 e. The van der Waals surface area contributed by atoms with Gasteiger partial charge in [-0.15, -0.1) is 0 Å². The van der Waals surface area contributed by atoms with Crippen molar-refractivity contribution >= 4 is 12.4 Å². The summed E-state index contributed by atoms with van der Waals surface area (Å²) in [6, 6.07) is 15.6. The highest BCUT2D eigenvalue weighted by Crippen LogP contribution is 2.44. The van der Waals surface area contributed by atoms with Crippen LogP contribution in [0.25, 0.3) is 11.1 Å². The van der Waals surface area contributed by atoms with Crippen LogP contribution >= 0.6 is 0 Å². The van der Waals surface area contributed by atoms with Crippen molar-refractivity contribution in [1.82, 2.24) is 5.32 Å². The van der Waals surface area contributed by atoms with Crippen molar-refractivity contribution < 1.29 is 14.3 Å². The Balaban J connectivity index is 1.71. The van der Waals surface area contributed by atoms with Crippen LogP contribution in [0.2, 0.25) is 0 Å². The molecule has 5 nitrogen and oxygen atoms in total. The van der Waals surface area contributed by atoms with Crippen molar-refractivity contribution in [1.29, 1.82) is 0 Å². The minimum atomic E-state index is -0.713. The fourth-order valence-corrected chi connectivity index (χ4v) is 2.90. The minimum absolute atomic E-state index is 0.0212. The predicted molar refractivity (Wildman–Crippen MR) is 87.1 cm³/mol. The normalized spacial score (nSPS) is 13.8. The smallest absolute Gasteiger partial charge is 0.407 e. The van der Waals surface area contributed by atoms with Gasteiger partial charge in [-0.1, -0.05) is 48.5 Å². The third-order valence-electron chi connectivity index (χ3n) is 4.00. The summed E-state index contributed by atoms with van der Waals surface area (Å²) in [6.07, 6.45) is 0.0215. The maximum absolute atomic E-state index is 11.7. The van der Waals surface area contributed by atoms with E-state index < -0.39 is 12.1 Å². The number of amides is 1. The second-order valence-electron chi connectivity index (χ2n) is 5.51. The van der Waals surface area contributed by atoms with E-state index in [9.17, 15) is 9.59 Å². The summed E-state index contributed by atoms with van der Waals surface area (Å²) in [5.74, 6) is 0.0212. The van der Waals surface area contributed by atoms with Crippen LogP contribution in [0.1, 0.15) is 17.0 Å². The molecule has 0 heterocycles. The molecule has 5 heteroatoms. The van der Waals surface area contributed by atoms with E-state index in [4.69, 9.17) is 10.5 Å². The monoisotopic (exact) mass is 310 g/mol. The Morgan fingerprint density at radius 1 is 1.13 bits per heavy atom. The fraction of sp³-hybridized carbons (Fsp3) is 0.222. The Morgan fingerprint density at radius 3 is 2.26 bits per heavy atom. The highest BCUT2D eigenvalue weighted by Gasteiger charge is 2.28. The van der Waals surface area contributed by atoms with Gasteiger partial charge in [-0.2, -0.15) is 0 Å². The molecule has 1 aliphatic carbocycles. The van der Waals surface area contributed by atoms with E-state index >= 15 is 0 Å². The topological polar surface area (TPSA) is 81.4 Å². The second-order valence-corrected chi connectivity index (χ2v) is 5.51. The highest BCUT2D eigenvalue weighted by atomic mass is 16.5. The van der Waals surface area contributed by atoms with Gasteiger partial charge in [-0.25, -0.2) is 4.79 Å². The summed E-state index contributed by atoms with van der Waals surface area (Å²) in [5, 5.41) is 2.49. The first-order valence-electron chi connectivity index (χ1n) is 7.50. The molecule has 118 valence electrons. The molecule has 0 spiro atoms. The van der Waals surface area contributed by atoms with Gasteiger partial charge in [0.2, 0.25) is 0 Å². The molecule has 0 bridgehead atoms. The zero-order valence-electron chi connectivity index (χ0n) is 12.6. The molecular formula is C18H18N2O3. The molecule has 0 fully saturated rings. The van der Waals surface area contributed by atoms with Gasteiger partial charge in [0, 0.05) is 12.5 Å². The van der Waals surface area contributed by atoms with Gasteiger partial charge in [-0.05, 0) is 22.3 Å². The van der Waals surface area contributed by atoms with Crippen LogP contribution in [-0.4, -0.2) is 31.6 Å². The van der Waals surface area contributed by atoms with Crippen LogP contribution in [0.15, 0.2) is 48.5 Å². The van der Waals surface area contributed by atoms with E-state index in [-0.39, 0.29) is 19.1 Å². The standard InChI is InChI=1S/C18H18N2O3/c19-12(10-21)9-20-18(22)23-11-17-15-7-3-1-5-13(15)14-6-2-4-8-16(14)17/h1-8,10,12,17H,9,11,19H2,(H,20,22)/t12-/m0/s1. The van der Waals surface area contributed by atoms with Crippen molar-refractivity contribution in [2.24, 2.45) is 5.73 Å². The van der Waals surface area contributed by atoms with E-state index in [0.29, 0.717) is 6.29 Å². The SMILES string of the molecule is N[C@H](C=O)CNC(=O)OCC1c2ccccc2-c2ccccc21. The van der Waals surface area contributed by atoms with Gasteiger partial charge in [0.05, 0.1) is 6.04 Å². The average Bonchev–Trinajstić information content (AvgIpc) is 2.92. The quantitative estimate of drug-likeness (QED) is 0.828. The van der Waals surface area contributed by atoms with Gasteiger partial charge in [0.1, 0.15) is 12.9 Å². The number of ether oxygens (including phenoxy) is 1. The van der Waals surface area contributed by atoms with E-state index in [0.717, 1.165) is 11.1 Å². The highest BCUT2D eigenvalue weighted by molar-refractivity contribution is 5.79. The summed E-state index contributed by atoms with van der Waals surface area (Å²) in [5.41, 5.74) is 10.1. The number of rotatable bonds is 5. The lowest BCUT2D eigenvalue weighted by molar-refractivity contribution is -0.108. The molecule has 0 aliphatic heterocycles. The van der Waals surface area contributed by atoms with Crippen molar-refractivity contribution in [3.05, 3.63) is 59.7 Å². The average molecular weight is 310 g/mol. The molecule has 0 saturated carbocycles. The molecule has 0 aromatic heterocycles. The Bertz CT molecular complexity index is 684. The van der Waals surface area contributed by atoms with Crippen molar-refractivity contribution in [2.45, 2.75) is 12.0 Å². The summed E-state index contributed by atoms with van der Waals surface area (Å²) < 4.78 is 5.31. The van der Waals surface area contributed by atoms with Crippen molar-refractivity contribution in [2.75, 3.05) is 13.2 Å². The summed E-state index contributed by atoms with van der Waals surface area (Å²) in [4.78, 5) is 22.2. The molecule has 0 radical (unpaired) electrons. The van der Waals surface area contributed by atoms with Crippen LogP contribution in [0.5, 0.6) is 0 Å². The van der Waals surface area contributed by atoms with Crippen molar-refractivity contribution in [3.8, 4) is 11.1 Å². The van der Waals surface area contributed by atoms with Crippen LogP contribution in [-0.2, 0) is 9.53 Å². The summed E-state index contributed by atoms with van der Waals surface area (Å²) >= 11 is 0. The number of nitrogens with one attached hydrogen (secondary N) is 1. The first-order chi connectivity index (χ1) is 11.2. The van der Waals surface area contributed by atoms with E-state index in [1.807, 2.05) is 24.3 Å². The predicted octanol–water partition coefficient (Wildman–Crippen LogP) is 2.05. The second kappa shape index (κ2) is 6.62. The molecule has 1 atom stereocenters. The fourth-order valence-electron chi connectivity index (χ4n) is 2.90. The third kappa shape index (κ3) is 3.10. The Hall–Kier alpha value is -2.66. The molecule has 3 rings (SSSR count). The number of aldehydes is 1. The van der Waals surface area contributed by atoms with Gasteiger partial charge in [0.15, 0.2) is 0 Å². The van der Waals surface area contributed by atoms with Crippen LogP contribution < -0.4 is 11.1 Å². The van der Waals surface area contributed by atoms with E-state index in [2.05, 4.69) is 29.6 Å². The maximum atomic E-state index is 11.7. The zero-order chi connectivity index (χ0) is 16.2. The van der Waals surface area contributed by atoms with Gasteiger partial charge in [0.25, 0.3) is 0 Å². The lowest BCUT2D eigenvalue weighted by atomic mass is 9.98. The van der Waals surface area contributed by atoms with E-state index in [1.165, 1.54) is 11.1 Å². The first kappa shape index (κ1) is 15.2. The van der Waals surface area contributed by atoms with Crippen molar-refractivity contribution in [3.63, 3.8) is 0 Å². The number of carbonyl (C=O) groups is 2. The molecule has 0 unspecified atom stereocenters. The Labute approximate surface area is 134 Å². The lowest BCUT2D eigenvalue weighted by Gasteiger charge is -2.15.